The molecule has 0 heterocycles. The van der Waals surface area contributed by atoms with E-state index < -0.39 is 10.8 Å². The lowest BCUT2D eigenvalue weighted by atomic mass is 10.4. The number of hydrogen-bond acceptors (Lipinski definition) is 2. The highest BCUT2D eigenvalue weighted by Gasteiger charge is 1.95. The van der Waals surface area contributed by atoms with E-state index in [2.05, 4.69) is 6.92 Å². The predicted molar refractivity (Wildman–Crippen MR) is 39.9 cm³/mol. The number of unbranched alkanes of at least 4 members (excludes halogenated alkanes) is 1. The van der Waals surface area contributed by atoms with Gasteiger partial charge in [-0.3, -0.25) is 4.21 Å². The molecule has 0 amide bonds. The first-order valence-corrected chi connectivity index (χ1v) is 4.76. The quantitative estimate of drug-likeness (QED) is 0.620. The molecule has 0 aromatic carbocycles. The van der Waals surface area contributed by atoms with Crippen LogP contribution < -0.4 is 0 Å². The summed E-state index contributed by atoms with van der Waals surface area (Å²) in [7, 11) is -0.770. The van der Waals surface area contributed by atoms with Crippen molar-refractivity contribution in [2.75, 3.05) is 18.1 Å². The Morgan fingerprint density at radius 2 is 2.11 bits per heavy atom. The van der Waals surface area contributed by atoms with E-state index in [0.717, 1.165) is 18.6 Å². The van der Waals surface area contributed by atoms with Crippen LogP contribution in [-0.2, 0) is 10.8 Å². The zero-order valence-corrected chi connectivity index (χ0v) is 6.62. The first-order chi connectivity index (χ1) is 4.31. The molecule has 0 aromatic rings. The van der Waals surface area contributed by atoms with Gasteiger partial charge < -0.3 is 5.11 Å². The zero-order valence-electron chi connectivity index (χ0n) is 5.80. The molecule has 0 bridgehead atoms. The zero-order chi connectivity index (χ0) is 7.11. The van der Waals surface area contributed by atoms with E-state index in [0.29, 0.717) is 5.75 Å². The van der Waals surface area contributed by atoms with E-state index >= 15 is 0 Å². The summed E-state index contributed by atoms with van der Waals surface area (Å²) >= 11 is 0. The fraction of sp³-hybridized carbons (Fsp3) is 1.00. The minimum absolute atomic E-state index is 0.0519. The Morgan fingerprint density at radius 3 is 2.56 bits per heavy atom. The first kappa shape index (κ1) is 9.11. The van der Waals surface area contributed by atoms with Gasteiger partial charge in [-0.2, -0.15) is 0 Å². The van der Waals surface area contributed by atoms with Crippen LogP contribution in [-0.4, -0.2) is 27.4 Å². The second kappa shape index (κ2) is 6.23. The van der Waals surface area contributed by atoms with Gasteiger partial charge in [0.05, 0.1) is 6.61 Å². The van der Waals surface area contributed by atoms with Crippen LogP contribution in [0.5, 0.6) is 0 Å². The maximum atomic E-state index is 10.8. The van der Waals surface area contributed by atoms with Gasteiger partial charge in [0, 0.05) is 22.3 Å². The second-order valence-corrected chi connectivity index (χ2v) is 3.62. The lowest BCUT2D eigenvalue weighted by molar-refractivity contribution is 0.321. The van der Waals surface area contributed by atoms with Crippen LogP contribution >= 0.6 is 0 Å². The van der Waals surface area contributed by atoms with Crippen molar-refractivity contribution < 1.29 is 9.32 Å². The molecule has 0 spiro atoms. The van der Waals surface area contributed by atoms with Gasteiger partial charge in [-0.05, 0) is 6.42 Å². The monoisotopic (exact) mass is 150 g/mol. The number of rotatable bonds is 5. The van der Waals surface area contributed by atoms with Crippen molar-refractivity contribution in [1.29, 1.82) is 0 Å². The molecule has 0 unspecified atom stereocenters. The lowest BCUT2D eigenvalue weighted by Crippen LogP contribution is -2.05. The minimum atomic E-state index is -0.770. The third-order valence-electron chi connectivity index (χ3n) is 1.04. The van der Waals surface area contributed by atoms with E-state index in [4.69, 9.17) is 5.11 Å². The van der Waals surface area contributed by atoms with Crippen LogP contribution in [0.25, 0.3) is 0 Å². The summed E-state index contributed by atoms with van der Waals surface area (Å²) in [5.74, 6) is 1.19. The molecule has 2 nitrogen and oxygen atoms in total. The van der Waals surface area contributed by atoms with Crippen molar-refractivity contribution in [2.24, 2.45) is 0 Å². The number of hydrogen-bond donors (Lipinski definition) is 1. The number of aliphatic hydroxyl groups excluding tert-OH is 1. The van der Waals surface area contributed by atoms with Crippen molar-refractivity contribution in [3.8, 4) is 0 Å². The summed E-state index contributed by atoms with van der Waals surface area (Å²) in [6.07, 6.45) is 2.09. The first-order valence-electron chi connectivity index (χ1n) is 3.27. The molecular formula is C6H14O2S. The topological polar surface area (TPSA) is 37.3 Å². The SMILES string of the molecule is CCCC[S@@](=O)CCO. The van der Waals surface area contributed by atoms with E-state index in [9.17, 15) is 4.21 Å². The standard InChI is InChI=1S/C6H14O2S/c1-2-3-5-9(8)6-4-7/h7H,2-6H2,1H3/t9-/m1/s1. The summed E-state index contributed by atoms with van der Waals surface area (Å²) in [5.41, 5.74) is 0. The van der Waals surface area contributed by atoms with Crippen LogP contribution in [0.4, 0.5) is 0 Å². The van der Waals surface area contributed by atoms with E-state index in [-0.39, 0.29) is 6.61 Å². The summed E-state index contributed by atoms with van der Waals surface area (Å²) in [4.78, 5) is 0. The highest BCUT2D eigenvalue weighted by molar-refractivity contribution is 7.84. The molecule has 0 rings (SSSR count). The summed E-state index contributed by atoms with van der Waals surface area (Å²) in [5, 5.41) is 8.34. The Morgan fingerprint density at radius 1 is 1.44 bits per heavy atom. The molecule has 0 aromatic heterocycles. The summed E-state index contributed by atoms with van der Waals surface area (Å²) in [6.45, 7) is 2.12. The number of aliphatic hydroxyl groups is 1. The van der Waals surface area contributed by atoms with Gasteiger partial charge in [-0.1, -0.05) is 13.3 Å². The minimum Gasteiger partial charge on any atom is -0.395 e. The highest BCUT2D eigenvalue weighted by atomic mass is 32.2. The highest BCUT2D eigenvalue weighted by Crippen LogP contribution is 1.90. The largest absolute Gasteiger partial charge is 0.395 e. The van der Waals surface area contributed by atoms with Crippen molar-refractivity contribution in [2.45, 2.75) is 19.8 Å². The van der Waals surface area contributed by atoms with Crippen LogP contribution in [0.1, 0.15) is 19.8 Å². The lowest BCUT2D eigenvalue weighted by Gasteiger charge is -1.95. The van der Waals surface area contributed by atoms with Crippen molar-refractivity contribution >= 4 is 10.8 Å². The fourth-order valence-corrected chi connectivity index (χ4v) is 1.53. The van der Waals surface area contributed by atoms with E-state index in [1.165, 1.54) is 0 Å². The molecule has 1 atom stereocenters. The maximum Gasteiger partial charge on any atom is 0.0546 e. The molecule has 0 aliphatic rings. The Balaban J connectivity index is 3.06. The smallest absolute Gasteiger partial charge is 0.0546 e. The van der Waals surface area contributed by atoms with Crippen molar-refractivity contribution in [1.82, 2.24) is 0 Å². The second-order valence-electron chi connectivity index (χ2n) is 1.93. The molecule has 56 valence electrons. The van der Waals surface area contributed by atoms with Gasteiger partial charge >= 0.3 is 0 Å². The Bertz CT molecular complexity index is 83.1. The van der Waals surface area contributed by atoms with Crippen LogP contribution in [0.2, 0.25) is 0 Å². The van der Waals surface area contributed by atoms with Gasteiger partial charge in [0.25, 0.3) is 0 Å². The fourth-order valence-electron chi connectivity index (χ4n) is 0.509. The van der Waals surface area contributed by atoms with Crippen LogP contribution in [0.3, 0.4) is 0 Å². The van der Waals surface area contributed by atoms with Gasteiger partial charge in [0.2, 0.25) is 0 Å². The van der Waals surface area contributed by atoms with Gasteiger partial charge in [-0.25, -0.2) is 0 Å². The molecule has 0 aliphatic heterocycles. The molecule has 0 aliphatic carbocycles. The van der Waals surface area contributed by atoms with Crippen molar-refractivity contribution in [3.05, 3.63) is 0 Å². The maximum absolute atomic E-state index is 10.8. The van der Waals surface area contributed by atoms with E-state index in [1.54, 1.807) is 0 Å². The van der Waals surface area contributed by atoms with Crippen LogP contribution in [0.15, 0.2) is 0 Å². The van der Waals surface area contributed by atoms with Crippen molar-refractivity contribution in [3.63, 3.8) is 0 Å². The normalized spacial score (nSPS) is 13.6. The third-order valence-corrected chi connectivity index (χ3v) is 2.43. The average Bonchev–Trinajstić information content (AvgIpc) is 1.85. The average molecular weight is 150 g/mol. The molecule has 3 heteroatoms. The van der Waals surface area contributed by atoms with Gasteiger partial charge in [-0.15, -0.1) is 0 Å². The molecule has 0 saturated carbocycles. The summed E-state index contributed by atoms with van der Waals surface area (Å²) < 4.78 is 10.8. The predicted octanol–water partition coefficient (Wildman–Crippen LogP) is 0.528. The van der Waals surface area contributed by atoms with Gasteiger partial charge in [0.15, 0.2) is 0 Å². The Labute approximate surface area is 58.7 Å². The van der Waals surface area contributed by atoms with Gasteiger partial charge in [0.1, 0.15) is 0 Å². The third kappa shape index (κ3) is 5.99. The molecule has 0 saturated heterocycles. The molecule has 9 heavy (non-hydrogen) atoms. The molecule has 1 N–H and O–H groups in total. The molecular weight excluding hydrogens is 136 g/mol. The molecule has 0 radical (unpaired) electrons. The molecule has 0 fully saturated rings. The Hall–Kier alpha value is 0.110. The Kier molecular flexibility index (Phi) is 6.31. The summed E-state index contributed by atoms with van der Waals surface area (Å²) in [6, 6.07) is 0. The van der Waals surface area contributed by atoms with Crippen LogP contribution in [0, 0.1) is 0 Å². The van der Waals surface area contributed by atoms with E-state index in [1.807, 2.05) is 0 Å².